The van der Waals surface area contributed by atoms with Gasteiger partial charge in [-0.25, -0.2) is 0 Å². The normalized spacial score (nSPS) is 23.1. The molecule has 0 aromatic rings. The Labute approximate surface area is 98.9 Å². The van der Waals surface area contributed by atoms with Crippen LogP contribution in [0.2, 0.25) is 0 Å². The first kappa shape index (κ1) is 14.4. The number of Topliss-reactive ketones (excluding diaryl/α,β-unsaturated/α-hetero) is 1. The Morgan fingerprint density at radius 3 is 2.65 bits per heavy atom. The highest BCUT2D eigenvalue weighted by molar-refractivity contribution is 5.83. The Morgan fingerprint density at radius 1 is 1.47 bits per heavy atom. The molecule has 0 aliphatic carbocycles. The van der Waals surface area contributed by atoms with Gasteiger partial charge in [-0.05, 0) is 13.8 Å². The maximum Gasteiger partial charge on any atom is 0.389 e. The van der Waals surface area contributed by atoms with E-state index in [-0.39, 0.29) is 6.04 Å². The number of alkyl halides is 3. The third-order valence-electron chi connectivity index (χ3n) is 2.84. The summed E-state index contributed by atoms with van der Waals surface area (Å²) in [6.07, 6.45) is -6.52. The number of hydrogen-bond acceptors (Lipinski definition) is 3. The quantitative estimate of drug-likeness (QED) is 0.767. The van der Waals surface area contributed by atoms with Crippen molar-refractivity contribution in [1.29, 1.82) is 0 Å². The lowest BCUT2D eigenvalue weighted by molar-refractivity contribution is -0.151. The van der Waals surface area contributed by atoms with Crippen LogP contribution in [0.4, 0.5) is 13.2 Å². The van der Waals surface area contributed by atoms with E-state index in [1.165, 1.54) is 0 Å². The van der Waals surface area contributed by atoms with Gasteiger partial charge < -0.3 is 4.74 Å². The molecule has 0 amide bonds. The summed E-state index contributed by atoms with van der Waals surface area (Å²) in [4.78, 5) is 13.6. The fourth-order valence-corrected chi connectivity index (χ4v) is 1.76. The van der Waals surface area contributed by atoms with Crippen molar-refractivity contribution in [3.8, 4) is 0 Å². The lowest BCUT2D eigenvalue weighted by Crippen LogP contribution is -2.48. The summed E-state index contributed by atoms with van der Waals surface area (Å²) in [5.74, 6) is -0.451. The summed E-state index contributed by atoms with van der Waals surface area (Å²) in [7, 11) is 0. The Kier molecular flexibility index (Phi) is 4.94. The van der Waals surface area contributed by atoms with Crippen molar-refractivity contribution in [2.24, 2.45) is 0 Å². The molecule has 0 bridgehead atoms. The SMILES string of the molecule is CC(C)N1CCOC(C(=O)CCC(F)(F)F)C1. The van der Waals surface area contributed by atoms with E-state index in [1.807, 2.05) is 18.7 Å². The topological polar surface area (TPSA) is 29.5 Å². The Morgan fingerprint density at radius 2 is 2.12 bits per heavy atom. The number of carbonyl (C=O) groups is 1. The summed E-state index contributed by atoms with van der Waals surface area (Å²) >= 11 is 0. The average Bonchev–Trinajstić information content (AvgIpc) is 2.25. The predicted molar refractivity (Wildman–Crippen MR) is 56.7 cm³/mol. The molecular formula is C11H18F3NO2. The number of ether oxygens (including phenoxy) is 1. The van der Waals surface area contributed by atoms with Crippen LogP contribution in [0.25, 0.3) is 0 Å². The fourth-order valence-electron chi connectivity index (χ4n) is 1.76. The number of ketones is 1. The maximum absolute atomic E-state index is 12.0. The molecule has 0 saturated carbocycles. The second kappa shape index (κ2) is 5.82. The molecule has 3 nitrogen and oxygen atoms in total. The smallest absolute Gasteiger partial charge is 0.368 e. The van der Waals surface area contributed by atoms with Crippen molar-refractivity contribution >= 4 is 5.78 Å². The van der Waals surface area contributed by atoms with Crippen LogP contribution in [0.1, 0.15) is 26.7 Å². The molecule has 1 saturated heterocycles. The van der Waals surface area contributed by atoms with E-state index in [0.717, 1.165) is 6.54 Å². The van der Waals surface area contributed by atoms with Gasteiger partial charge in [0.25, 0.3) is 0 Å². The van der Waals surface area contributed by atoms with Crippen molar-refractivity contribution in [1.82, 2.24) is 4.90 Å². The number of nitrogens with zero attached hydrogens (tertiary/aromatic N) is 1. The fraction of sp³-hybridized carbons (Fsp3) is 0.909. The zero-order valence-corrected chi connectivity index (χ0v) is 10.1. The molecular weight excluding hydrogens is 235 g/mol. The van der Waals surface area contributed by atoms with Crippen LogP contribution in [0.15, 0.2) is 0 Å². The highest BCUT2D eigenvalue weighted by atomic mass is 19.4. The van der Waals surface area contributed by atoms with Crippen molar-refractivity contribution in [2.75, 3.05) is 19.7 Å². The van der Waals surface area contributed by atoms with Crippen LogP contribution in [-0.4, -0.2) is 48.7 Å². The first-order valence-electron chi connectivity index (χ1n) is 5.74. The standard InChI is InChI=1S/C11H18F3NO2/c1-8(2)15-5-6-17-10(7-15)9(16)3-4-11(12,13)14/h8,10H,3-7H2,1-2H3. The molecule has 1 heterocycles. The van der Waals surface area contributed by atoms with Gasteiger partial charge >= 0.3 is 6.18 Å². The first-order chi connectivity index (χ1) is 7.79. The molecule has 17 heavy (non-hydrogen) atoms. The van der Waals surface area contributed by atoms with Crippen molar-refractivity contribution < 1.29 is 22.7 Å². The van der Waals surface area contributed by atoms with Gasteiger partial charge in [0.05, 0.1) is 13.0 Å². The van der Waals surface area contributed by atoms with Gasteiger partial charge in [-0.1, -0.05) is 0 Å². The monoisotopic (exact) mass is 253 g/mol. The Bertz CT molecular complexity index is 266. The van der Waals surface area contributed by atoms with Crippen LogP contribution in [0.3, 0.4) is 0 Å². The van der Waals surface area contributed by atoms with Crippen molar-refractivity contribution in [2.45, 2.75) is 45.0 Å². The number of halogens is 3. The summed E-state index contributed by atoms with van der Waals surface area (Å²) < 4.78 is 41.2. The average molecular weight is 253 g/mol. The molecule has 100 valence electrons. The lowest BCUT2D eigenvalue weighted by atomic mass is 10.1. The maximum atomic E-state index is 12.0. The van der Waals surface area contributed by atoms with Crippen molar-refractivity contribution in [3.63, 3.8) is 0 Å². The number of morpholine rings is 1. The van der Waals surface area contributed by atoms with Gasteiger partial charge in [-0.15, -0.1) is 0 Å². The lowest BCUT2D eigenvalue weighted by Gasteiger charge is -2.34. The Hall–Kier alpha value is -0.620. The van der Waals surface area contributed by atoms with E-state index in [1.54, 1.807) is 0 Å². The zero-order chi connectivity index (χ0) is 13.1. The summed E-state index contributed by atoms with van der Waals surface area (Å²) in [5, 5.41) is 0. The molecule has 0 radical (unpaired) electrons. The molecule has 0 N–H and O–H groups in total. The van der Waals surface area contributed by atoms with Crippen LogP contribution >= 0.6 is 0 Å². The third-order valence-corrected chi connectivity index (χ3v) is 2.84. The van der Waals surface area contributed by atoms with E-state index in [9.17, 15) is 18.0 Å². The number of hydrogen-bond donors (Lipinski definition) is 0. The van der Waals surface area contributed by atoms with E-state index in [2.05, 4.69) is 0 Å². The first-order valence-corrected chi connectivity index (χ1v) is 5.74. The highest BCUT2D eigenvalue weighted by Gasteiger charge is 2.32. The third kappa shape index (κ3) is 5.04. The summed E-state index contributed by atoms with van der Waals surface area (Å²) in [5.41, 5.74) is 0. The largest absolute Gasteiger partial charge is 0.389 e. The predicted octanol–water partition coefficient (Wildman–Crippen LogP) is 2.01. The van der Waals surface area contributed by atoms with Gasteiger partial charge in [0.1, 0.15) is 6.10 Å². The summed E-state index contributed by atoms with van der Waals surface area (Å²) in [6, 6.07) is 0.275. The molecule has 1 aliphatic heterocycles. The molecule has 6 heteroatoms. The Balaban J connectivity index is 2.41. The summed E-state index contributed by atoms with van der Waals surface area (Å²) in [6.45, 7) is 5.50. The van der Waals surface area contributed by atoms with E-state index in [4.69, 9.17) is 4.74 Å². The highest BCUT2D eigenvalue weighted by Crippen LogP contribution is 2.22. The van der Waals surface area contributed by atoms with Crippen molar-refractivity contribution in [3.05, 3.63) is 0 Å². The van der Waals surface area contributed by atoms with Crippen LogP contribution < -0.4 is 0 Å². The second-order valence-corrected chi connectivity index (χ2v) is 4.53. The van der Waals surface area contributed by atoms with Crippen LogP contribution in [0, 0.1) is 0 Å². The van der Waals surface area contributed by atoms with Gasteiger partial charge in [0, 0.05) is 25.6 Å². The number of rotatable bonds is 4. The molecule has 1 atom stereocenters. The molecule has 0 aromatic heterocycles. The van der Waals surface area contributed by atoms with E-state index in [0.29, 0.717) is 13.2 Å². The molecule has 1 fully saturated rings. The molecule has 0 spiro atoms. The molecule has 1 unspecified atom stereocenters. The minimum Gasteiger partial charge on any atom is -0.368 e. The van der Waals surface area contributed by atoms with Crippen LogP contribution in [-0.2, 0) is 9.53 Å². The van der Waals surface area contributed by atoms with E-state index >= 15 is 0 Å². The molecule has 0 aromatic carbocycles. The molecule has 1 aliphatic rings. The van der Waals surface area contributed by atoms with E-state index < -0.39 is 30.9 Å². The van der Waals surface area contributed by atoms with Gasteiger partial charge in [0.15, 0.2) is 5.78 Å². The van der Waals surface area contributed by atoms with Gasteiger partial charge in [-0.2, -0.15) is 13.2 Å². The van der Waals surface area contributed by atoms with Gasteiger partial charge in [0.2, 0.25) is 0 Å². The minimum absolute atomic E-state index is 0.275. The zero-order valence-electron chi connectivity index (χ0n) is 10.1. The van der Waals surface area contributed by atoms with Gasteiger partial charge in [-0.3, -0.25) is 9.69 Å². The molecule has 1 rings (SSSR count). The minimum atomic E-state index is -4.28. The van der Waals surface area contributed by atoms with Crippen LogP contribution in [0.5, 0.6) is 0 Å². The number of carbonyl (C=O) groups excluding carboxylic acids is 1. The second-order valence-electron chi connectivity index (χ2n) is 4.53.